The van der Waals surface area contributed by atoms with E-state index in [9.17, 15) is 10.2 Å². The van der Waals surface area contributed by atoms with E-state index in [0.29, 0.717) is 35.2 Å². The van der Waals surface area contributed by atoms with E-state index in [0.717, 1.165) is 56.3 Å². The summed E-state index contributed by atoms with van der Waals surface area (Å²) in [5.41, 5.74) is 8.51. The lowest BCUT2D eigenvalue weighted by molar-refractivity contribution is 0.397. The van der Waals surface area contributed by atoms with Crippen LogP contribution in [-0.4, -0.2) is 10.2 Å². The number of benzene rings is 4. The quantitative estimate of drug-likeness (QED) is 0.272. The van der Waals surface area contributed by atoms with Crippen LogP contribution in [0.15, 0.2) is 84.9 Å². The van der Waals surface area contributed by atoms with Crippen LogP contribution in [0.25, 0.3) is 33.4 Å². The van der Waals surface area contributed by atoms with Crippen LogP contribution in [0.3, 0.4) is 0 Å². The van der Waals surface area contributed by atoms with E-state index in [1.54, 1.807) is 0 Å². The Balaban J connectivity index is 1.33. The summed E-state index contributed by atoms with van der Waals surface area (Å²) in [5.74, 6) is 4.75. The van der Waals surface area contributed by atoms with E-state index >= 15 is 0 Å². The summed E-state index contributed by atoms with van der Waals surface area (Å²) < 4.78 is 0. The molecule has 4 aliphatic rings. The van der Waals surface area contributed by atoms with Crippen molar-refractivity contribution < 1.29 is 10.2 Å². The Kier molecular flexibility index (Phi) is 5.80. The van der Waals surface area contributed by atoms with Crippen LogP contribution in [0, 0.1) is 23.7 Å². The summed E-state index contributed by atoms with van der Waals surface area (Å²) in [6.45, 7) is 0. The van der Waals surface area contributed by atoms with E-state index in [1.165, 1.54) is 51.4 Å². The Morgan fingerprint density at radius 1 is 0.450 bits per heavy atom. The number of rotatable bonds is 5. The molecule has 2 N–H and O–H groups in total. The Morgan fingerprint density at radius 2 is 0.875 bits per heavy atom. The van der Waals surface area contributed by atoms with Crippen LogP contribution in [0.2, 0.25) is 0 Å². The number of phenolic OH excluding ortho intramolecular Hbond substituents is 2. The first-order valence-electron chi connectivity index (χ1n) is 15.5. The minimum atomic E-state index is 0.428. The van der Waals surface area contributed by atoms with Gasteiger partial charge in [-0.1, -0.05) is 73.5 Å². The van der Waals surface area contributed by atoms with Crippen molar-refractivity contribution in [3.8, 4) is 44.9 Å². The molecule has 4 aromatic carbocycles. The molecule has 0 saturated heterocycles. The van der Waals surface area contributed by atoms with Gasteiger partial charge < -0.3 is 10.2 Å². The van der Waals surface area contributed by atoms with Gasteiger partial charge >= 0.3 is 0 Å². The molecular formula is C38H38O2. The highest BCUT2D eigenvalue weighted by Crippen LogP contribution is 2.58. The lowest BCUT2D eigenvalue weighted by Gasteiger charge is -2.26. The van der Waals surface area contributed by atoms with Crippen LogP contribution in [0.4, 0.5) is 0 Å². The number of hydrogen-bond donors (Lipinski definition) is 2. The Hall–Kier alpha value is -3.52. The largest absolute Gasteiger partial charge is 0.507 e. The van der Waals surface area contributed by atoms with Gasteiger partial charge in [-0.2, -0.15) is 0 Å². The number of aromatic hydroxyl groups is 2. The van der Waals surface area contributed by atoms with Gasteiger partial charge in [0.2, 0.25) is 0 Å². The van der Waals surface area contributed by atoms with Crippen LogP contribution in [0.5, 0.6) is 11.5 Å². The highest BCUT2D eigenvalue weighted by molar-refractivity contribution is 5.84. The van der Waals surface area contributed by atoms with Gasteiger partial charge in [0.15, 0.2) is 0 Å². The zero-order valence-electron chi connectivity index (χ0n) is 23.1. The second kappa shape index (κ2) is 9.54. The van der Waals surface area contributed by atoms with Crippen LogP contribution < -0.4 is 0 Å². The van der Waals surface area contributed by atoms with Crippen LogP contribution in [-0.2, 0) is 0 Å². The molecule has 4 aliphatic carbocycles. The van der Waals surface area contributed by atoms with Gasteiger partial charge in [-0.15, -0.1) is 0 Å². The van der Waals surface area contributed by atoms with Crippen molar-refractivity contribution in [3.63, 3.8) is 0 Å². The fourth-order valence-electron chi connectivity index (χ4n) is 9.14. The highest BCUT2D eigenvalue weighted by Gasteiger charge is 2.43. The minimum absolute atomic E-state index is 0.428. The highest BCUT2D eigenvalue weighted by atomic mass is 16.3. The molecule has 4 saturated carbocycles. The van der Waals surface area contributed by atoms with Gasteiger partial charge in [-0.05, 0) is 132 Å². The lowest BCUT2D eigenvalue weighted by Crippen LogP contribution is -2.10. The van der Waals surface area contributed by atoms with Gasteiger partial charge in [0.25, 0.3) is 0 Å². The van der Waals surface area contributed by atoms with Gasteiger partial charge in [0, 0.05) is 11.1 Å². The number of phenols is 2. The fraction of sp³-hybridized carbons (Fsp3) is 0.368. The van der Waals surface area contributed by atoms with Gasteiger partial charge in [-0.3, -0.25) is 0 Å². The predicted molar refractivity (Wildman–Crippen MR) is 162 cm³/mol. The zero-order chi connectivity index (χ0) is 26.8. The van der Waals surface area contributed by atoms with Gasteiger partial charge in [0.05, 0.1) is 0 Å². The summed E-state index contributed by atoms with van der Waals surface area (Å²) in [6.07, 6.45) is 10.3. The second-order valence-electron chi connectivity index (χ2n) is 13.2. The smallest absolute Gasteiger partial charge is 0.126 e. The normalized spacial score (nSPS) is 28.4. The standard InChI is InChI=1S/C38H38O2/c39-37-33(25-7-3-1-4-8-25)19-29(21-35(37)31-17-23-11-13-27(31)15-23)30-20-34(26-9-5-2-6-10-26)38(40)36(22-30)32-18-24-12-14-28(32)16-24/h1-10,19-24,27-28,31-32,39-40H,11-18H2. The molecule has 4 aromatic rings. The van der Waals surface area contributed by atoms with Crippen molar-refractivity contribution >= 4 is 0 Å². The van der Waals surface area contributed by atoms with E-state index < -0.39 is 0 Å². The van der Waals surface area contributed by atoms with Gasteiger partial charge in [0.1, 0.15) is 11.5 Å². The minimum Gasteiger partial charge on any atom is -0.507 e. The molecule has 2 nitrogen and oxygen atoms in total. The molecule has 6 unspecified atom stereocenters. The van der Waals surface area contributed by atoms with E-state index in [2.05, 4.69) is 72.8 Å². The van der Waals surface area contributed by atoms with Crippen LogP contribution >= 0.6 is 0 Å². The molecule has 0 radical (unpaired) electrons. The third-order valence-corrected chi connectivity index (χ3v) is 11.1. The summed E-state index contributed by atoms with van der Waals surface area (Å²) in [5, 5.41) is 23.5. The molecule has 4 bridgehead atoms. The molecule has 0 heterocycles. The lowest BCUT2D eigenvalue weighted by atomic mass is 9.79. The van der Waals surface area contributed by atoms with Crippen molar-refractivity contribution in [2.45, 2.75) is 63.2 Å². The number of fused-ring (bicyclic) bond motifs is 4. The third kappa shape index (κ3) is 3.99. The molecule has 202 valence electrons. The molecule has 0 aromatic heterocycles. The molecule has 2 heteroatoms. The van der Waals surface area contributed by atoms with E-state index in [-0.39, 0.29) is 0 Å². The molecule has 40 heavy (non-hydrogen) atoms. The number of hydrogen-bond acceptors (Lipinski definition) is 2. The van der Waals surface area contributed by atoms with Crippen molar-refractivity contribution in [2.24, 2.45) is 23.7 Å². The monoisotopic (exact) mass is 526 g/mol. The maximum absolute atomic E-state index is 11.7. The summed E-state index contributed by atoms with van der Waals surface area (Å²) >= 11 is 0. The topological polar surface area (TPSA) is 40.5 Å². The van der Waals surface area contributed by atoms with Crippen molar-refractivity contribution in [1.29, 1.82) is 0 Å². The Morgan fingerprint density at radius 3 is 1.23 bits per heavy atom. The van der Waals surface area contributed by atoms with Crippen molar-refractivity contribution in [2.75, 3.05) is 0 Å². The molecule has 0 aliphatic heterocycles. The Labute approximate surface area is 237 Å². The summed E-state index contributed by atoms with van der Waals surface area (Å²) in [6, 6.07) is 29.7. The summed E-state index contributed by atoms with van der Waals surface area (Å²) in [7, 11) is 0. The summed E-state index contributed by atoms with van der Waals surface area (Å²) in [4.78, 5) is 0. The third-order valence-electron chi connectivity index (χ3n) is 11.1. The first-order valence-corrected chi connectivity index (χ1v) is 15.5. The Bertz CT molecular complexity index is 1440. The molecule has 0 spiro atoms. The first kappa shape index (κ1) is 24.3. The van der Waals surface area contributed by atoms with E-state index in [4.69, 9.17) is 0 Å². The van der Waals surface area contributed by atoms with Gasteiger partial charge in [-0.25, -0.2) is 0 Å². The maximum atomic E-state index is 11.7. The molecule has 0 amide bonds. The zero-order valence-corrected chi connectivity index (χ0v) is 23.1. The fourth-order valence-corrected chi connectivity index (χ4v) is 9.14. The van der Waals surface area contributed by atoms with E-state index in [1.807, 2.05) is 12.1 Å². The average molecular weight is 527 g/mol. The molecular weight excluding hydrogens is 488 g/mol. The second-order valence-corrected chi connectivity index (χ2v) is 13.2. The first-order chi connectivity index (χ1) is 19.6. The van der Waals surface area contributed by atoms with Crippen LogP contribution in [0.1, 0.15) is 74.3 Å². The maximum Gasteiger partial charge on any atom is 0.126 e. The molecule has 4 fully saturated rings. The molecule has 6 atom stereocenters. The average Bonchev–Trinajstić information content (AvgIpc) is 3.82. The molecule has 8 rings (SSSR count). The van der Waals surface area contributed by atoms with Crippen molar-refractivity contribution in [3.05, 3.63) is 96.1 Å². The predicted octanol–water partition coefficient (Wildman–Crippen LogP) is 9.91. The SMILES string of the molecule is Oc1c(-c2ccccc2)cc(-c2cc(-c3ccccc3)c(O)c(C3CC4CCC3C4)c2)cc1C1CC2CCC1C2. The van der Waals surface area contributed by atoms with Crippen molar-refractivity contribution in [1.82, 2.24) is 0 Å².